The molecule has 4 nitrogen and oxygen atoms in total. The number of nitrogens with two attached hydrogens (primary N) is 1. The van der Waals surface area contributed by atoms with Crippen molar-refractivity contribution in [2.45, 2.75) is 27.2 Å². The van der Waals surface area contributed by atoms with Gasteiger partial charge in [0.1, 0.15) is 0 Å². The van der Waals surface area contributed by atoms with E-state index in [1.807, 2.05) is 13.0 Å². The molecule has 20 heavy (non-hydrogen) atoms. The van der Waals surface area contributed by atoms with E-state index in [9.17, 15) is 4.79 Å². The fourth-order valence-electron chi connectivity index (χ4n) is 1.77. The third-order valence-corrected chi connectivity index (χ3v) is 3.22. The summed E-state index contributed by atoms with van der Waals surface area (Å²) in [5, 5.41) is 2.97. The maximum Gasteiger partial charge on any atom is 0.251 e. The molecule has 1 aromatic rings. The van der Waals surface area contributed by atoms with Crippen molar-refractivity contribution in [1.82, 2.24) is 5.32 Å². The molecule has 0 bridgehead atoms. The van der Waals surface area contributed by atoms with Gasteiger partial charge in [0, 0.05) is 31.5 Å². The smallest absolute Gasteiger partial charge is 0.251 e. The molecule has 0 spiro atoms. The quantitative estimate of drug-likeness (QED) is 0.794. The maximum atomic E-state index is 12.1. The summed E-state index contributed by atoms with van der Waals surface area (Å²) in [6.07, 6.45) is 0.902. The van der Waals surface area contributed by atoms with Gasteiger partial charge < -0.3 is 15.8 Å². The molecule has 5 heteroatoms. The third-order valence-electron chi connectivity index (χ3n) is 3.22. The first-order valence-electron chi connectivity index (χ1n) is 6.49. The molecule has 3 N–H and O–H groups in total. The van der Waals surface area contributed by atoms with Crippen LogP contribution in [0, 0.1) is 12.3 Å². The van der Waals surface area contributed by atoms with Crippen molar-refractivity contribution in [3.63, 3.8) is 0 Å². The van der Waals surface area contributed by atoms with E-state index >= 15 is 0 Å². The summed E-state index contributed by atoms with van der Waals surface area (Å²) in [6.45, 7) is 7.44. The SMILES string of the molecule is COCCC(C)(C)CNC(=O)c1cc(N)ccc1C.Cl. The zero-order valence-corrected chi connectivity index (χ0v) is 13.5. The van der Waals surface area contributed by atoms with Crippen LogP contribution >= 0.6 is 12.4 Å². The lowest BCUT2D eigenvalue weighted by atomic mass is 9.89. The van der Waals surface area contributed by atoms with E-state index in [0.717, 1.165) is 12.0 Å². The molecule has 114 valence electrons. The average molecular weight is 301 g/mol. The van der Waals surface area contributed by atoms with Crippen LogP contribution in [0.1, 0.15) is 36.2 Å². The third kappa shape index (κ3) is 5.80. The minimum atomic E-state index is -0.0738. The summed E-state index contributed by atoms with van der Waals surface area (Å²) in [5.41, 5.74) is 7.91. The Morgan fingerprint density at radius 2 is 2.05 bits per heavy atom. The number of nitrogens with one attached hydrogen (secondary N) is 1. The summed E-state index contributed by atoms with van der Waals surface area (Å²) >= 11 is 0. The molecule has 0 aromatic heterocycles. The first-order chi connectivity index (χ1) is 8.85. The maximum absolute atomic E-state index is 12.1. The molecule has 0 radical (unpaired) electrons. The predicted octanol–water partition coefficient (Wildman–Crippen LogP) is 2.79. The summed E-state index contributed by atoms with van der Waals surface area (Å²) < 4.78 is 5.07. The molecule has 0 fully saturated rings. The predicted molar refractivity (Wildman–Crippen MR) is 85.4 cm³/mol. The van der Waals surface area contributed by atoms with Crippen molar-refractivity contribution in [2.24, 2.45) is 5.41 Å². The monoisotopic (exact) mass is 300 g/mol. The number of aryl methyl sites for hydroxylation is 1. The molecule has 0 saturated heterocycles. The lowest BCUT2D eigenvalue weighted by molar-refractivity contribution is 0.0920. The van der Waals surface area contributed by atoms with Gasteiger partial charge in [-0.2, -0.15) is 0 Å². The molecule has 1 aromatic carbocycles. The van der Waals surface area contributed by atoms with Crippen LogP contribution in [-0.4, -0.2) is 26.2 Å². The van der Waals surface area contributed by atoms with Gasteiger partial charge in [0.15, 0.2) is 0 Å². The normalized spacial score (nSPS) is 10.8. The molecule has 0 saturated carbocycles. The molecule has 0 atom stereocenters. The standard InChI is InChI=1S/C15H24N2O2.ClH/c1-11-5-6-12(16)9-13(11)14(18)17-10-15(2,3)7-8-19-4;/h5-6,9H,7-8,10,16H2,1-4H3,(H,17,18);1H. The Bertz CT molecular complexity index is 447. The van der Waals surface area contributed by atoms with Crippen molar-refractivity contribution in [1.29, 1.82) is 0 Å². The molecule has 0 aliphatic carbocycles. The fourth-order valence-corrected chi connectivity index (χ4v) is 1.77. The summed E-state index contributed by atoms with van der Waals surface area (Å²) in [4.78, 5) is 12.1. The molecule has 0 heterocycles. The van der Waals surface area contributed by atoms with Gasteiger partial charge in [-0.1, -0.05) is 19.9 Å². The van der Waals surface area contributed by atoms with Crippen LogP contribution < -0.4 is 11.1 Å². The van der Waals surface area contributed by atoms with E-state index in [2.05, 4.69) is 19.2 Å². The van der Waals surface area contributed by atoms with Crippen LogP contribution in [0.25, 0.3) is 0 Å². The number of benzene rings is 1. The lowest BCUT2D eigenvalue weighted by Gasteiger charge is -2.24. The van der Waals surface area contributed by atoms with Crippen molar-refractivity contribution in [3.8, 4) is 0 Å². The van der Waals surface area contributed by atoms with Gasteiger partial charge in [-0.3, -0.25) is 4.79 Å². The van der Waals surface area contributed by atoms with Crippen LogP contribution in [-0.2, 0) is 4.74 Å². The fraction of sp³-hybridized carbons (Fsp3) is 0.533. The molecular formula is C15H25ClN2O2. The molecular weight excluding hydrogens is 276 g/mol. The van der Waals surface area contributed by atoms with Gasteiger partial charge in [-0.25, -0.2) is 0 Å². The van der Waals surface area contributed by atoms with E-state index in [4.69, 9.17) is 10.5 Å². The number of hydrogen-bond acceptors (Lipinski definition) is 3. The number of nitrogen functional groups attached to an aromatic ring is 1. The Kier molecular flexibility index (Phi) is 7.61. The van der Waals surface area contributed by atoms with E-state index in [0.29, 0.717) is 24.4 Å². The number of anilines is 1. The van der Waals surface area contributed by atoms with Crippen LogP contribution in [0.2, 0.25) is 0 Å². The number of rotatable bonds is 6. The summed E-state index contributed by atoms with van der Waals surface area (Å²) in [6, 6.07) is 5.38. The number of amides is 1. The zero-order valence-electron chi connectivity index (χ0n) is 12.7. The first-order valence-corrected chi connectivity index (χ1v) is 6.49. The first kappa shape index (κ1) is 18.7. The molecule has 0 aliphatic rings. The minimum absolute atomic E-state index is 0. The zero-order chi connectivity index (χ0) is 14.5. The topological polar surface area (TPSA) is 64.3 Å². The number of methoxy groups -OCH3 is 1. The van der Waals surface area contributed by atoms with Gasteiger partial charge in [0.05, 0.1) is 0 Å². The van der Waals surface area contributed by atoms with Gasteiger partial charge in [0.25, 0.3) is 5.91 Å². The van der Waals surface area contributed by atoms with Crippen molar-refractivity contribution < 1.29 is 9.53 Å². The van der Waals surface area contributed by atoms with E-state index in [1.54, 1.807) is 19.2 Å². The van der Waals surface area contributed by atoms with Crippen LogP contribution in [0.3, 0.4) is 0 Å². The molecule has 1 amide bonds. The van der Waals surface area contributed by atoms with E-state index < -0.39 is 0 Å². The van der Waals surface area contributed by atoms with Crippen LogP contribution in [0.4, 0.5) is 5.69 Å². The average Bonchev–Trinajstić information content (AvgIpc) is 2.36. The Balaban J connectivity index is 0.00000361. The molecule has 0 unspecified atom stereocenters. The highest BCUT2D eigenvalue weighted by atomic mass is 35.5. The highest BCUT2D eigenvalue weighted by molar-refractivity contribution is 5.96. The molecule has 1 rings (SSSR count). The van der Waals surface area contributed by atoms with Gasteiger partial charge in [-0.05, 0) is 36.5 Å². The number of halogens is 1. The number of carbonyl (C=O) groups excluding carboxylic acids is 1. The Morgan fingerprint density at radius 1 is 1.40 bits per heavy atom. The van der Waals surface area contributed by atoms with E-state index in [-0.39, 0.29) is 23.7 Å². The minimum Gasteiger partial charge on any atom is -0.399 e. The lowest BCUT2D eigenvalue weighted by Crippen LogP contribution is -2.35. The Hall–Kier alpha value is -1.26. The number of carbonyl (C=O) groups is 1. The van der Waals surface area contributed by atoms with Gasteiger partial charge >= 0.3 is 0 Å². The highest BCUT2D eigenvalue weighted by Gasteiger charge is 2.19. The highest BCUT2D eigenvalue weighted by Crippen LogP contribution is 2.19. The van der Waals surface area contributed by atoms with Crippen LogP contribution in [0.15, 0.2) is 18.2 Å². The Morgan fingerprint density at radius 3 is 2.65 bits per heavy atom. The second kappa shape index (κ2) is 8.12. The van der Waals surface area contributed by atoms with Crippen molar-refractivity contribution in [3.05, 3.63) is 29.3 Å². The van der Waals surface area contributed by atoms with Crippen LogP contribution in [0.5, 0.6) is 0 Å². The van der Waals surface area contributed by atoms with E-state index in [1.165, 1.54) is 0 Å². The van der Waals surface area contributed by atoms with Gasteiger partial charge in [0.2, 0.25) is 0 Å². The molecule has 0 aliphatic heterocycles. The number of hydrogen-bond donors (Lipinski definition) is 2. The second-order valence-electron chi connectivity index (χ2n) is 5.66. The summed E-state index contributed by atoms with van der Waals surface area (Å²) in [5.74, 6) is -0.0738. The van der Waals surface area contributed by atoms with Crippen molar-refractivity contribution in [2.75, 3.05) is 26.0 Å². The van der Waals surface area contributed by atoms with Gasteiger partial charge in [-0.15, -0.1) is 12.4 Å². The largest absolute Gasteiger partial charge is 0.399 e. The number of ether oxygens (including phenoxy) is 1. The Labute approximate surface area is 127 Å². The summed E-state index contributed by atoms with van der Waals surface area (Å²) in [7, 11) is 1.69. The second-order valence-corrected chi connectivity index (χ2v) is 5.66. The van der Waals surface area contributed by atoms with Crippen molar-refractivity contribution >= 4 is 24.0 Å².